The van der Waals surface area contributed by atoms with Crippen molar-refractivity contribution in [3.63, 3.8) is 0 Å². The van der Waals surface area contributed by atoms with Gasteiger partial charge in [-0.3, -0.25) is 4.79 Å². The summed E-state index contributed by atoms with van der Waals surface area (Å²) in [6, 6.07) is 0. The number of nitrogens with two attached hydrogens (primary N) is 1. The van der Waals surface area contributed by atoms with Gasteiger partial charge in [0.2, 0.25) is 5.91 Å². The van der Waals surface area contributed by atoms with Crippen LogP contribution in [-0.2, 0) is 9.53 Å². The molecule has 0 aliphatic carbocycles. The molecule has 0 rings (SSSR count). The van der Waals surface area contributed by atoms with Gasteiger partial charge in [0, 0.05) is 25.3 Å². The maximum atomic E-state index is 11.5. The summed E-state index contributed by atoms with van der Waals surface area (Å²) in [7, 11) is 0. The number of carbonyl (C=O) groups excluding carboxylic acids is 1. The second-order valence-corrected chi connectivity index (χ2v) is 4.98. The standard InChI is InChI=1S/C12H26N4O2.HI/c1-5-18-8-6-7-14-11(13)15-9-10(17)16-12(2,3)4;/h5-9H2,1-4H3,(H,16,17)(H3,13,14,15);1H. The summed E-state index contributed by atoms with van der Waals surface area (Å²) in [5.41, 5.74) is 5.37. The Morgan fingerprint density at radius 1 is 1.37 bits per heavy atom. The number of rotatable bonds is 7. The molecule has 0 radical (unpaired) electrons. The van der Waals surface area contributed by atoms with Gasteiger partial charge in [-0.05, 0) is 34.1 Å². The smallest absolute Gasteiger partial charge is 0.242 e. The van der Waals surface area contributed by atoms with E-state index in [0.717, 1.165) is 13.0 Å². The Kier molecular flexibility index (Phi) is 12.3. The summed E-state index contributed by atoms with van der Waals surface area (Å²) in [5, 5.41) is 5.74. The van der Waals surface area contributed by atoms with Gasteiger partial charge in [-0.25, -0.2) is 4.99 Å². The Hall–Kier alpha value is -0.570. The van der Waals surface area contributed by atoms with Crippen molar-refractivity contribution in [2.24, 2.45) is 10.7 Å². The molecule has 114 valence electrons. The van der Waals surface area contributed by atoms with Gasteiger partial charge in [0.15, 0.2) is 5.96 Å². The molecule has 19 heavy (non-hydrogen) atoms. The first-order valence-corrected chi connectivity index (χ1v) is 6.27. The van der Waals surface area contributed by atoms with Crippen molar-refractivity contribution in [3.05, 3.63) is 0 Å². The molecular formula is C12H27IN4O2. The van der Waals surface area contributed by atoms with E-state index in [1.807, 2.05) is 27.7 Å². The third-order valence-corrected chi connectivity index (χ3v) is 1.88. The average molecular weight is 386 g/mol. The van der Waals surface area contributed by atoms with Gasteiger partial charge in [0.25, 0.3) is 0 Å². The van der Waals surface area contributed by atoms with Crippen LogP contribution < -0.4 is 16.4 Å². The van der Waals surface area contributed by atoms with Gasteiger partial charge in [-0.1, -0.05) is 0 Å². The van der Waals surface area contributed by atoms with E-state index in [-0.39, 0.29) is 47.9 Å². The lowest BCUT2D eigenvalue weighted by Crippen LogP contribution is -2.42. The molecular weight excluding hydrogens is 359 g/mol. The van der Waals surface area contributed by atoms with Crippen molar-refractivity contribution in [2.45, 2.75) is 39.7 Å². The molecule has 0 bridgehead atoms. The lowest BCUT2D eigenvalue weighted by atomic mass is 10.1. The Bertz CT molecular complexity index is 277. The highest BCUT2D eigenvalue weighted by Gasteiger charge is 2.12. The normalized spacial score (nSPS) is 11.7. The van der Waals surface area contributed by atoms with Crippen LogP contribution in [0.4, 0.5) is 0 Å². The fourth-order valence-corrected chi connectivity index (χ4v) is 1.21. The van der Waals surface area contributed by atoms with E-state index in [4.69, 9.17) is 10.5 Å². The van der Waals surface area contributed by atoms with Gasteiger partial charge in [-0.2, -0.15) is 0 Å². The molecule has 0 saturated heterocycles. The van der Waals surface area contributed by atoms with Crippen LogP contribution in [-0.4, -0.2) is 43.7 Å². The van der Waals surface area contributed by atoms with Crippen LogP contribution in [0.1, 0.15) is 34.1 Å². The van der Waals surface area contributed by atoms with E-state index >= 15 is 0 Å². The number of carbonyl (C=O) groups is 1. The molecule has 7 heteroatoms. The number of hydrogen-bond acceptors (Lipinski definition) is 3. The summed E-state index contributed by atoms with van der Waals surface area (Å²) in [5.74, 6) is 0.150. The van der Waals surface area contributed by atoms with Gasteiger partial charge >= 0.3 is 0 Å². The second kappa shape index (κ2) is 11.3. The van der Waals surface area contributed by atoms with E-state index < -0.39 is 0 Å². The summed E-state index contributed by atoms with van der Waals surface area (Å²) < 4.78 is 5.18. The van der Waals surface area contributed by atoms with Gasteiger partial charge in [0.05, 0.1) is 0 Å². The van der Waals surface area contributed by atoms with Crippen molar-refractivity contribution in [1.82, 2.24) is 10.6 Å². The molecule has 0 aromatic carbocycles. The van der Waals surface area contributed by atoms with E-state index in [2.05, 4.69) is 15.6 Å². The van der Waals surface area contributed by atoms with Crippen LogP contribution in [0.3, 0.4) is 0 Å². The SMILES string of the molecule is CCOCCCNC(N)=NCC(=O)NC(C)(C)C.I. The number of nitrogens with zero attached hydrogens (tertiary/aromatic N) is 1. The van der Waals surface area contributed by atoms with Crippen LogP contribution in [0.15, 0.2) is 4.99 Å². The van der Waals surface area contributed by atoms with E-state index in [9.17, 15) is 4.79 Å². The van der Waals surface area contributed by atoms with E-state index in [1.54, 1.807) is 0 Å². The van der Waals surface area contributed by atoms with Crippen LogP contribution in [0, 0.1) is 0 Å². The summed E-state index contributed by atoms with van der Waals surface area (Å²) in [6.45, 7) is 9.87. The Morgan fingerprint density at radius 3 is 2.53 bits per heavy atom. The predicted octanol–water partition coefficient (Wildman–Crippen LogP) is 0.850. The molecule has 0 heterocycles. The molecule has 0 aromatic heterocycles. The fourth-order valence-electron chi connectivity index (χ4n) is 1.21. The summed E-state index contributed by atoms with van der Waals surface area (Å²) in [4.78, 5) is 15.4. The zero-order valence-electron chi connectivity index (χ0n) is 12.3. The van der Waals surface area contributed by atoms with Crippen LogP contribution in [0.5, 0.6) is 0 Å². The monoisotopic (exact) mass is 386 g/mol. The highest BCUT2D eigenvalue weighted by Crippen LogP contribution is 1.97. The number of hydrogen-bond donors (Lipinski definition) is 3. The number of ether oxygens (including phenoxy) is 1. The molecule has 0 aromatic rings. The minimum atomic E-state index is -0.244. The average Bonchev–Trinajstić information content (AvgIpc) is 2.24. The molecule has 0 aliphatic rings. The molecule has 1 amide bonds. The van der Waals surface area contributed by atoms with Crippen molar-refractivity contribution in [2.75, 3.05) is 26.3 Å². The zero-order valence-corrected chi connectivity index (χ0v) is 14.6. The topological polar surface area (TPSA) is 88.7 Å². The minimum absolute atomic E-state index is 0. The first kappa shape index (κ1) is 20.7. The third-order valence-electron chi connectivity index (χ3n) is 1.88. The predicted molar refractivity (Wildman–Crippen MR) is 88.9 cm³/mol. The van der Waals surface area contributed by atoms with Crippen molar-refractivity contribution >= 4 is 35.8 Å². The highest BCUT2D eigenvalue weighted by molar-refractivity contribution is 14.0. The Balaban J connectivity index is 0. The first-order chi connectivity index (χ1) is 8.35. The fraction of sp³-hybridized carbons (Fsp3) is 0.833. The minimum Gasteiger partial charge on any atom is -0.382 e. The van der Waals surface area contributed by atoms with Gasteiger partial charge in [-0.15, -0.1) is 24.0 Å². The number of aliphatic imine (C=N–C) groups is 1. The van der Waals surface area contributed by atoms with Crippen LogP contribution in [0.2, 0.25) is 0 Å². The van der Waals surface area contributed by atoms with E-state index in [0.29, 0.717) is 13.2 Å². The van der Waals surface area contributed by atoms with Crippen molar-refractivity contribution in [1.29, 1.82) is 0 Å². The van der Waals surface area contributed by atoms with Crippen molar-refractivity contribution in [3.8, 4) is 0 Å². The Morgan fingerprint density at radius 2 is 2.00 bits per heavy atom. The molecule has 0 atom stereocenters. The summed E-state index contributed by atoms with van der Waals surface area (Å²) in [6.07, 6.45) is 0.859. The molecule has 0 aliphatic heterocycles. The lowest BCUT2D eigenvalue weighted by molar-refractivity contribution is -0.121. The zero-order chi connectivity index (χ0) is 14.0. The number of guanidine groups is 1. The third kappa shape index (κ3) is 15.4. The van der Waals surface area contributed by atoms with Gasteiger partial charge < -0.3 is 21.1 Å². The van der Waals surface area contributed by atoms with Crippen LogP contribution >= 0.6 is 24.0 Å². The molecule has 4 N–H and O–H groups in total. The largest absolute Gasteiger partial charge is 0.382 e. The number of nitrogens with one attached hydrogen (secondary N) is 2. The number of amides is 1. The van der Waals surface area contributed by atoms with Crippen LogP contribution in [0.25, 0.3) is 0 Å². The van der Waals surface area contributed by atoms with E-state index in [1.165, 1.54) is 0 Å². The molecule has 0 fully saturated rings. The molecule has 0 unspecified atom stereocenters. The number of halogens is 1. The molecule has 0 spiro atoms. The molecule has 6 nitrogen and oxygen atoms in total. The second-order valence-electron chi connectivity index (χ2n) is 4.98. The van der Waals surface area contributed by atoms with Crippen molar-refractivity contribution < 1.29 is 9.53 Å². The summed E-state index contributed by atoms with van der Waals surface area (Å²) >= 11 is 0. The van der Waals surface area contributed by atoms with Gasteiger partial charge in [0.1, 0.15) is 6.54 Å². The lowest BCUT2D eigenvalue weighted by Gasteiger charge is -2.19. The quantitative estimate of drug-likeness (QED) is 0.262. The maximum Gasteiger partial charge on any atom is 0.242 e. The Labute approximate surface area is 133 Å². The first-order valence-electron chi connectivity index (χ1n) is 6.27. The maximum absolute atomic E-state index is 11.5. The highest BCUT2D eigenvalue weighted by atomic mass is 127. The molecule has 0 saturated carbocycles.